The Labute approximate surface area is 146 Å². The molecule has 1 aromatic rings. The van der Waals surface area contributed by atoms with Gasteiger partial charge < -0.3 is 29.9 Å². The standard InChI is InChI=1S/C17H22N4O4/c22-16(19-9-12-3-4-14-15(8-12)25-11-24-14)20-6-1-2-13(10-20)21-7-5-18-17(21)23/h3-4,8,13H,1-2,5-7,9-11H2,(H,18,23)(H,19,22). The lowest BCUT2D eigenvalue weighted by molar-refractivity contribution is 0.132. The Morgan fingerprint density at radius 2 is 2.16 bits per heavy atom. The maximum atomic E-state index is 12.5. The summed E-state index contributed by atoms with van der Waals surface area (Å²) in [6, 6.07) is 5.65. The number of ether oxygens (including phenoxy) is 2. The highest BCUT2D eigenvalue weighted by Crippen LogP contribution is 2.32. The molecule has 2 saturated heterocycles. The van der Waals surface area contributed by atoms with E-state index >= 15 is 0 Å². The van der Waals surface area contributed by atoms with Gasteiger partial charge in [0, 0.05) is 32.7 Å². The molecule has 1 atom stereocenters. The first-order valence-corrected chi connectivity index (χ1v) is 8.66. The van der Waals surface area contributed by atoms with Crippen LogP contribution in [0.3, 0.4) is 0 Å². The molecule has 8 heteroatoms. The average Bonchev–Trinajstić information content (AvgIpc) is 3.27. The van der Waals surface area contributed by atoms with Gasteiger partial charge >= 0.3 is 12.1 Å². The molecular weight excluding hydrogens is 324 g/mol. The first-order valence-electron chi connectivity index (χ1n) is 8.66. The average molecular weight is 346 g/mol. The molecule has 0 saturated carbocycles. The van der Waals surface area contributed by atoms with Gasteiger partial charge in [-0.05, 0) is 30.5 Å². The van der Waals surface area contributed by atoms with Crippen LogP contribution in [-0.2, 0) is 6.54 Å². The maximum absolute atomic E-state index is 12.5. The normalized spacial score (nSPS) is 22.1. The quantitative estimate of drug-likeness (QED) is 0.859. The van der Waals surface area contributed by atoms with Gasteiger partial charge in [0.15, 0.2) is 11.5 Å². The zero-order valence-corrected chi connectivity index (χ0v) is 14.0. The number of nitrogens with one attached hydrogen (secondary N) is 2. The van der Waals surface area contributed by atoms with Gasteiger partial charge in [0.1, 0.15) is 0 Å². The van der Waals surface area contributed by atoms with Crippen LogP contribution in [0.4, 0.5) is 9.59 Å². The third kappa shape index (κ3) is 3.29. The van der Waals surface area contributed by atoms with Crippen molar-refractivity contribution in [3.05, 3.63) is 23.8 Å². The Balaban J connectivity index is 1.32. The van der Waals surface area contributed by atoms with E-state index in [1.165, 1.54) is 0 Å². The van der Waals surface area contributed by atoms with Gasteiger partial charge in [-0.1, -0.05) is 6.07 Å². The van der Waals surface area contributed by atoms with E-state index in [4.69, 9.17) is 9.47 Å². The van der Waals surface area contributed by atoms with Crippen LogP contribution in [-0.4, -0.2) is 60.9 Å². The number of piperidine rings is 1. The Kier molecular flexibility index (Phi) is 4.25. The fourth-order valence-corrected chi connectivity index (χ4v) is 3.57. The molecule has 25 heavy (non-hydrogen) atoms. The molecular formula is C17H22N4O4. The minimum atomic E-state index is -0.0954. The molecule has 0 aliphatic carbocycles. The summed E-state index contributed by atoms with van der Waals surface area (Å²) in [5.41, 5.74) is 0.963. The molecule has 8 nitrogen and oxygen atoms in total. The number of carbonyl (C=O) groups is 2. The van der Waals surface area contributed by atoms with E-state index in [2.05, 4.69) is 10.6 Å². The van der Waals surface area contributed by atoms with Crippen molar-refractivity contribution < 1.29 is 19.1 Å². The van der Waals surface area contributed by atoms with Gasteiger partial charge in [0.25, 0.3) is 0 Å². The molecule has 3 aliphatic heterocycles. The molecule has 3 aliphatic rings. The van der Waals surface area contributed by atoms with E-state index in [0.717, 1.165) is 37.2 Å². The third-order valence-electron chi connectivity index (χ3n) is 4.90. The van der Waals surface area contributed by atoms with Gasteiger partial charge in [0.2, 0.25) is 6.79 Å². The van der Waals surface area contributed by atoms with Gasteiger partial charge in [-0.2, -0.15) is 0 Å². The molecule has 1 unspecified atom stereocenters. The number of nitrogens with zero attached hydrogens (tertiary/aromatic N) is 2. The van der Waals surface area contributed by atoms with E-state index in [-0.39, 0.29) is 24.9 Å². The Morgan fingerprint density at radius 3 is 3.00 bits per heavy atom. The summed E-state index contributed by atoms with van der Waals surface area (Å²) in [6.07, 6.45) is 1.85. The predicted octanol–water partition coefficient (Wildman–Crippen LogP) is 1.11. The first kappa shape index (κ1) is 15.9. The second-order valence-corrected chi connectivity index (χ2v) is 6.51. The number of likely N-dealkylation sites (tertiary alicyclic amines) is 1. The number of carbonyl (C=O) groups excluding carboxylic acids is 2. The van der Waals surface area contributed by atoms with Crippen LogP contribution in [0.15, 0.2) is 18.2 Å². The molecule has 0 aromatic heterocycles. The zero-order chi connectivity index (χ0) is 17.2. The molecule has 2 N–H and O–H groups in total. The molecule has 0 spiro atoms. The zero-order valence-electron chi connectivity index (χ0n) is 14.0. The first-order chi connectivity index (χ1) is 12.2. The summed E-state index contributed by atoms with van der Waals surface area (Å²) in [4.78, 5) is 28.0. The van der Waals surface area contributed by atoms with E-state index in [1.807, 2.05) is 23.1 Å². The lowest BCUT2D eigenvalue weighted by atomic mass is 10.0. The number of fused-ring (bicyclic) bond motifs is 1. The van der Waals surface area contributed by atoms with Crippen LogP contribution in [0.25, 0.3) is 0 Å². The number of hydrogen-bond donors (Lipinski definition) is 2. The number of amides is 4. The van der Waals surface area contributed by atoms with Crippen molar-refractivity contribution in [1.29, 1.82) is 0 Å². The van der Waals surface area contributed by atoms with Crippen LogP contribution in [0, 0.1) is 0 Å². The second-order valence-electron chi connectivity index (χ2n) is 6.51. The smallest absolute Gasteiger partial charge is 0.317 e. The summed E-state index contributed by atoms with van der Waals surface area (Å²) in [5.74, 6) is 1.45. The van der Waals surface area contributed by atoms with Crippen molar-refractivity contribution in [2.45, 2.75) is 25.4 Å². The number of hydrogen-bond acceptors (Lipinski definition) is 4. The van der Waals surface area contributed by atoms with Crippen molar-refractivity contribution in [3.63, 3.8) is 0 Å². The summed E-state index contributed by atoms with van der Waals surface area (Å²) < 4.78 is 10.6. The third-order valence-corrected chi connectivity index (χ3v) is 4.90. The molecule has 4 amide bonds. The fraction of sp³-hybridized carbons (Fsp3) is 0.529. The topological polar surface area (TPSA) is 83.1 Å². The fourth-order valence-electron chi connectivity index (χ4n) is 3.57. The van der Waals surface area contributed by atoms with Gasteiger partial charge in [0.05, 0.1) is 6.04 Å². The lowest BCUT2D eigenvalue weighted by Crippen LogP contribution is -2.52. The Hall–Kier alpha value is -2.64. The van der Waals surface area contributed by atoms with E-state index in [0.29, 0.717) is 25.4 Å². The van der Waals surface area contributed by atoms with Crippen molar-refractivity contribution in [3.8, 4) is 11.5 Å². The van der Waals surface area contributed by atoms with Crippen molar-refractivity contribution in [1.82, 2.24) is 20.4 Å². The van der Waals surface area contributed by atoms with Crippen LogP contribution >= 0.6 is 0 Å². The second kappa shape index (κ2) is 6.70. The van der Waals surface area contributed by atoms with E-state index < -0.39 is 0 Å². The van der Waals surface area contributed by atoms with Crippen molar-refractivity contribution in [2.75, 3.05) is 33.0 Å². The molecule has 2 fully saturated rings. The number of benzene rings is 1. The van der Waals surface area contributed by atoms with Crippen LogP contribution < -0.4 is 20.1 Å². The largest absolute Gasteiger partial charge is 0.454 e. The highest BCUT2D eigenvalue weighted by atomic mass is 16.7. The minimum Gasteiger partial charge on any atom is -0.454 e. The Bertz CT molecular complexity index is 681. The van der Waals surface area contributed by atoms with Crippen LogP contribution in [0.5, 0.6) is 11.5 Å². The summed E-state index contributed by atoms with van der Waals surface area (Å²) >= 11 is 0. The molecule has 0 bridgehead atoms. The van der Waals surface area contributed by atoms with E-state index in [1.54, 1.807) is 4.90 Å². The van der Waals surface area contributed by atoms with E-state index in [9.17, 15) is 9.59 Å². The summed E-state index contributed by atoms with van der Waals surface area (Å²) in [6.45, 7) is 3.38. The number of rotatable bonds is 3. The van der Waals surface area contributed by atoms with Gasteiger partial charge in [-0.15, -0.1) is 0 Å². The van der Waals surface area contributed by atoms with Gasteiger partial charge in [-0.3, -0.25) is 0 Å². The summed E-state index contributed by atoms with van der Waals surface area (Å²) in [5, 5.41) is 5.78. The molecule has 3 heterocycles. The SMILES string of the molecule is O=C(NCc1ccc2c(c1)OCO2)N1CCCC(N2CCNC2=O)C1. The molecule has 4 rings (SSSR count). The molecule has 1 aromatic carbocycles. The lowest BCUT2D eigenvalue weighted by Gasteiger charge is -2.37. The molecule has 0 radical (unpaired) electrons. The van der Waals surface area contributed by atoms with Crippen molar-refractivity contribution in [2.24, 2.45) is 0 Å². The molecule has 134 valence electrons. The highest BCUT2D eigenvalue weighted by molar-refractivity contribution is 5.77. The minimum absolute atomic E-state index is 0.0207. The Morgan fingerprint density at radius 1 is 1.28 bits per heavy atom. The number of urea groups is 2. The van der Waals surface area contributed by atoms with Crippen LogP contribution in [0.1, 0.15) is 18.4 Å². The predicted molar refractivity (Wildman–Crippen MR) is 89.5 cm³/mol. The van der Waals surface area contributed by atoms with Crippen molar-refractivity contribution >= 4 is 12.1 Å². The summed E-state index contributed by atoms with van der Waals surface area (Å²) in [7, 11) is 0. The van der Waals surface area contributed by atoms with Crippen LogP contribution in [0.2, 0.25) is 0 Å². The monoisotopic (exact) mass is 346 g/mol. The van der Waals surface area contributed by atoms with Gasteiger partial charge in [-0.25, -0.2) is 9.59 Å². The highest BCUT2D eigenvalue weighted by Gasteiger charge is 2.32. The maximum Gasteiger partial charge on any atom is 0.317 e.